The van der Waals surface area contributed by atoms with Crippen molar-refractivity contribution in [2.75, 3.05) is 18.5 Å². The molecular formula is C12H15ClFNO2. The van der Waals surface area contributed by atoms with Gasteiger partial charge in [0.2, 0.25) is 0 Å². The van der Waals surface area contributed by atoms with E-state index in [4.69, 9.17) is 16.3 Å². The van der Waals surface area contributed by atoms with E-state index in [1.165, 1.54) is 18.2 Å². The zero-order chi connectivity index (χ0) is 12.7. The second-order valence-electron chi connectivity index (χ2n) is 3.56. The fourth-order valence-corrected chi connectivity index (χ4v) is 1.34. The van der Waals surface area contributed by atoms with Crippen LogP contribution in [0, 0.1) is 5.82 Å². The first-order chi connectivity index (χ1) is 8.13. The van der Waals surface area contributed by atoms with E-state index in [1.54, 1.807) is 0 Å². The monoisotopic (exact) mass is 259 g/mol. The quantitative estimate of drug-likeness (QED) is 0.630. The van der Waals surface area contributed by atoms with Gasteiger partial charge < -0.3 is 10.1 Å². The molecular weight excluding hydrogens is 245 g/mol. The maximum atomic E-state index is 12.9. The van der Waals surface area contributed by atoms with Gasteiger partial charge in [0.25, 0.3) is 0 Å². The Morgan fingerprint density at radius 2 is 2.29 bits per heavy atom. The molecule has 0 aliphatic rings. The van der Waals surface area contributed by atoms with Gasteiger partial charge in [-0.05, 0) is 24.6 Å². The lowest BCUT2D eigenvalue weighted by Crippen LogP contribution is -2.17. The van der Waals surface area contributed by atoms with E-state index in [0.29, 0.717) is 12.3 Å². The molecule has 0 aliphatic carbocycles. The molecule has 0 heterocycles. The standard InChI is InChI=1S/C12H15ClFNO2/c1-2-3-6-17-12(16)8-15-9-4-5-11(14)10(13)7-9/h4-5,7,15H,2-3,6,8H2,1H3. The van der Waals surface area contributed by atoms with E-state index in [0.717, 1.165) is 12.8 Å². The molecule has 0 bridgehead atoms. The Morgan fingerprint density at radius 1 is 1.53 bits per heavy atom. The summed E-state index contributed by atoms with van der Waals surface area (Å²) in [6.45, 7) is 2.50. The first-order valence-corrected chi connectivity index (χ1v) is 5.86. The summed E-state index contributed by atoms with van der Waals surface area (Å²) in [6.07, 6.45) is 1.84. The Balaban J connectivity index is 2.34. The molecule has 0 saturated heterocycles. The summed E-state index contributed by atoms with van der Waals surface area (Å²) in [6, 6.07) is 4.18. The van der Waals surface area contributed by atoms with Crippen LogP contribution >= 0.6 is 11.6 Å². The van der Waals surface area contributed by atoms with E-state index in [2.05, 4.69) is 5.32 Å². The van der Waals surface area contributed by atoms with Crippen LogP contribution in [0.5, 0.6) is 0 Å². The predicted octanol–water partition coefficient (Wildman–Crippen LogP) is 3.23. The molecule has 0 amide bonds. The van der Waals surface area contributed by atoms with Crippen molar-refractivity contribution in [3.63, 3.8) is 0 Å². The van der Waals surface area contributed by atoms with Crippen molar-refractivity contribution >= 4 is 23.3 Å². The Bertz CT molecular complexity index is 385. The highest BCUT2D eigenvalue weighted by Crippen LogP contribution is 2.18. The van der Waals surface area contributed by atoms with Gasteiger partial charge in [-0.3, -0.25) is 4.79 Å². The fourth-order valence-electron chi connectivity index (χ4n) is 1.16. The van der Waals surface area contributed by atoms with Crippen LogP contribution in [0.3, 0.4) is 0 Å². The van der Waals surface area contributed by atoms with Crippen molar-refractivity contribution in [3.8, 4) is 0 Å². The van der Waals surface area contributed by atoms with Gasteiger partial charge in [-0.2, -0.15) is 0 Å². The molecule has 0 radical (unpaired) electrons. The summed E-state index contributed by atoms with van der Waals surface area (Å²) >= 11 is 5.60. The van der Waals surface area contributed by atoms with E-state index >= 15 is 0 Å². The van der Waals surface area contributed by atoms with Gasteiger partial charge >= 0.3 is 5.97 Å². The van der Waals surface area contributed by atoms with Gasteiger partial charge in [0.1, 0.15) is 12.4 Å². The Morgan fingerprint density at radius 3 is 2.94 bits per heavy atom. The van der Waals surface area contributed by atoms with Crippen LogP contribution in [0.25, 0.3) is 0 Å². The van der Waals surface area contributed by atoms with Gasteiger partial charge in [0.15, 0.2) is 0 Å². The first-order valence-electron chi connectivity index (χ1n) is 5.48. The maximum absolute atomic E-state index is 12.9. The van der Waals surface area contributed by atoms with E-state index in [1.807, 2.05) is 6.92 Å². The van der Waals surface area contributed by atoms with E-state index < -0.39 is 5.82 Å². The molecule has 1 N–H and O–H groups in total. The number of hydrogen-bond donors (Lipinski definition) is 1. The van der Waals surface area contributed by atoms with Crippen LogP contribution in [0.4, 0.5) is 10.1 Å². The topological polar surface area (TPSA) is 38.3 Å². The largest absolute Gasteiger partial charge is 0.464 e. The molecule has 0 atom stereocenters. The van der Waals surface area contributed by atoms with E-state index in [-0.39, 0.29) is 17.5 Å². The second-order valence-corrected chi connectivity index (χ2v) is 3.96. The van der Waals surface area contributed by atoms with Crippen LogP contribution in [-0.4, -0.2) is 19.1 Å². The lowest BCUT2D eigenvalue weighted by molar-refractivity contribution is -0.141. The number of carbonyl (C=O) groups excluding carboxylic acids is 1. The van der Waals surface area contributed by atoms with Crippen molar-refractivity contribution in [2.45, 2.75) is 19.8 Å². The lowest BCUT2D eigenvalue weighted by atomic mass is 10.3. The smallest absolute Gasteiger partial charge is 0.325 e. The molecule has 0 spiro atoms. The van der Waals surface area contributed by atoms with Crippen LogP contribution in [0.15, 0.2) is 18.2 Å². The molecule has 0 saturated carbocycles. The van der Waals surface area contributed by atoms with Crippen LogP contribution in [0.2, 0.25) is 5.02 Å². The molecule has 1 aromatic carbocycles. The molecule has 0 fully saturated rings. The third kappa shape index (κ3) is 5.04. The number of carbonyl (C=O) groups is 1. The van der Waals surface area contributed by atoms with Crippen LogP contribution in [-0.2, 0) is 9.53 Å². The molecule has 3 nitrogen and oxygen atoms in total. The highest BCUT2D eigenvalue weighted by atomic mass is 35.5. The minimum atomic E-state index is -0.484. The highest BCUT2D eigenvalue weighted by molar-refractivity contribution is 6.31. The summed E-state index contributed by atoms with van der Waals surface area (Å²) < 4.78 is 17.8. The Labute approximate surface area is 105 Å². The normalized spacial score (nSPS) is 10.1. The summed E-state index contributed by atoms with van der Waals surface area (Å²) in [5.41, 5.74) is 0.587. The summed E-state index contributed by atoms with van der Waals surface area (Å²) in [5.74, 6) is -0.818. The zero-order valence-electron chi connectivity index (χ0n) is 9.63. The van der Waals surface area contributed by atoms with Crippen LogP contribution in [0.1, 0.15) is 19.8 Å². The average molecular weight is 260 g/mol. The van der Waals surface area contributed by atoms with Crippen molar-refractivity contribution in [3.05, 3.63) is 29.0 Å². The summed E-state index contributed by atoms with van der Waals surface area (Å²) in [7, 11) is 0. The molecule has 1 aromatic rings. The number of unbranched alkanes of at least 4 members (excludes halogenated alkanes) is 1. The van der Waals surface area contributed by atoms with Gasteiger partial charge in [-0.1, -0.05) is 24.9 Å². The Hall–Kier alpha value is -1.29. The van der Waals surface area contributed by atoms with Crippen molar-refractivity contribution in [1.82, 2.24) is 0 Å². The molecule has 0 aromatic heterocycles. The lowest BCUT2D eigenvalue weighted by Gasteiger charge is -2.07. The van der Waals surface area contributed by atoms with Gasteiger partial charge in [0.05, 0.1) is 11.6 Å². The number of esters is 1. The predicted molar refractivity (Wildman–Crippen MR) is 65.8 cm³/mol. The van der Waals surface area contributed by atoms with Crippen molar-refractivity contribution < 1.29 is 13.9 Å². The van der Waals surface area contributed by atoms with Gasteiger partial charge in [0, 0.05) is 5.69 Å². The number of benzene rings is 1. The average Bonchev–Trinajstić information content (AvgIpc) is 2.31. The number of nitrogens with one attached hydrogen (secondary N) is 1. The molecule has 0 unspecified atom stereocenters. The Kier molecular flexibility index (Phi) is 5.77. The van der Waals surface area contributed by atoms with E-state index in [9.17, 15) is 9.18 Å². The minimum Gasteiger partial charge on any atom is -0.464 e. The number of hydrogen-bond acceptors (Lipinski definition) is 3. The highest BCUT2D eigenvalue weighted by Gasteiger charge is 2.04. The number of ether oxygens (including phenoxy) is 1. The zero-order valence-corrected chi connectivity index (χ0v) is 10.4. The molecule has 17 heavy (non-hydrogen) atoms. The summed E-state index contributed by atoms with van der Waals surface area (Å²) in [5, 5.41) is 2.84. The van der Waals surface area contributed by atoms with Crippen LogP contribution < -0.4 is 5.32 Å². The maximum Gasteiger partial charge on any atom is 0.325 e. The molecule has 5 heteroatoms. The van der Waals surface area contributed by atoms with Crippen molar-refractivity contribution in [2.24, 2.45) is 0 Å². The van der Waals surface area contributed by atoms with Gasteiger partial charge in [-0.15, -0.1) is 0 Å². The number of halogens is 2. The first kappa shape index (κ1) is 13.8. The fraction of sp³-hybridized carbons (Fsp3) is 0.417. The number of anilines is 1. The third-order valence-corrected chi connectivity index (χ3v) is 2.41. The van der Waals surface area contributed by atoms with Crippen molar-refractivity contribution in [1.29, 1.82) is 0 Å². The summed E-state index contributed by atoms with van der Waals surface area (Å²) in [4.78, 5) is 11.3. The number of rotatable bonds is 6. The third-order valence-electron chi connectivity index (χ3n) is 2.12. The minimum absolute atomic E-state index is 0.0225. The molecule has 94 valence electrons. The molecule has 1 rings (SSSR count). The van der Waals surface area contributed by atoms with Gasteiger partial charge in [-0.25, -0.2) is 4.39 Å². The second kappa shape index (κ2) is 7.12. The molecule has 0 aliphatic heterocycles. The SMILES string of the molecule is CCCCOC(=O)CNc1ccc(F)c(Cl)c1.